The van der Waals surface area contributed by atoms with E-state index in [1.54, 1.807) is 10.9 Å². The molecule has 0 bridgehead atoms. The van der Waals surface area contributed by atoms with Crippen LogP contribution in [0.3, 0.4) is 0 Å². The molecule has 0 saturated carbocycles. The fourth-order valence-corrected chi connectivity index (χ4v) is 1.25. The topological polar surface area (TPSA) is 68.8 Å². The first-order valence-corrected chi connectivity index (χ1v) is 4.83. The predicted molar refractivity (Wildman–Crippen MR) is 53.9 cm³/mol. The van der Waals surface area contributed by atoms with Gasteiger partial charge in [-0.1, -0.05) is 12.1 Å². The monoisotopic (exact) mass is 207 g/mol. The molecule has 2 rings (SSSR count). The largest absolute Gasteiger partial charge is 0.332 e. The lowest BCUT2D eigenvalue weighted by Gasteiger charge is -1.93. The Bertz CT molecular complexity index is 433. The van der Waals surface area contributed by atoms with Crippen molar-refractivity contribution in [2.45, 2.75) is 13.5 Å². The van der Waals surface area contributed by atoms with Gasteiger partial charge in [0, 0.05) is 13.2 Å². The Labute approximate surface area is 87.3 Å². The molecule has 80 valence electrons. The summed E-state index contributed by atoms with van der Waals surface area (Å²) in [5.41, 5.74) is 0.824. The molecule has 0 unspecified atom stereocenters. The van der Waals surface area contributed by atoms with Crippen LogP contribution in [0, 0.1) is 0 Å². The van der Waals surface area contributed by atoms with Gasteiger partial charge in [-0.2, -0.15) is 10.1 Å². The molecule has 0 aromatic carbocycles. The minimum Gasteiger partial charge on any atom is -0.332 e. The van der Waals surface area contributed by atoms with Crippen molar-refractivity contribution in [3.8, 4) is 11.6 Å². The molecule has 0 aliphatic carbocycles. The molecule has 0 fully saturated rings. The van der Waals surface area contributed by atoms with Gasteiger partial charge in [0.05, 0.1) is 6.54 Å². The van der Waals surface area contributed by atoms with E-state index in [1.807, 2.05) is 20.0 Å². The van der Waals surface area contributed by atoms with Crippen molar-refractivity contribution < 1.29 is 4.52 Å². The molecule has 15 heavy (non-hydrogen) atoms. The fourth-order valence-electron chi connectivity index (χ4n) is 1.25. The van der Waals surface area contributed by atoms with Gasteiger partial charge in [-0.15, -0.1) is 0 Å². The fraction of sp³-hybridized carbons (Fsp3) is 0.444. The van der Waals surface area contributed by atoms with E-state index < -0.39 is 0 Å². The maximum Gasteiger partial charge on any atom is 0.276 e. The molecule has 2 aromatic heterocycles. The number of aromatic nitrogens is 4. The predicted octanol–water partition coefficient (Wildman–Crippen LogP) is 0.580. The Morgan fingerprint density at radius 2 is 2.40 bits per heavy atom. The minimum atomic E-state index is 0.503. The highest BCUT2D eigenvalue weighted by molar-refractivity contribution is 5.45. The van der Waals surface area contributed by atoms with Crippen LogP contribution in [0.15, 0.2) is 16.8 Å². The molecule has 2 aromatic rings. The van der Waals surface area contributed by atoms with Crippen LogP contribution >= 0.6 is 0 Å². The van der Waals surface area contributed by atoms with Gasteiger partial charge in [0.15, 0.2) is 5.82 Å². The van der Waals surface area contributed by atoms with Crippen molar-refractivity contribution in [1.29, 1.82) is 0 Å². The van der Waals surface area contributed by atoms with Gasteiger partial charge in [-0.25, -0.2) is 0 Å². The Morgan fingerprint density at radius 1 is 1.53 bits per heavy atom. The lowest BCUT2D eigenvalue weighted by atomic mass is 10.4. The zero-order valence-corrected chi connectivity index (χ0v) is 8.77. The summed E-state index contributed by atoms with van der Waals surface area (Å²) in [6, 6.07) is 1.84. The SMILES string of the molecule is CCNCc1noc(-c2ccnn2C)n1. The molecular formula is C9H13N5O. The number of nitrogens with one attached hydrogen (secondary N) is 1. The summed E-state index contributed by atoms with van der Waals surface area (Å²) >= 11 is 0. The standard InChI is InChI=1S/C9H13N5O/c1-3-10-6-8-12-9(15-13-8)7-4-5-11-14(7)2/h4-5,10H,3,6H2,1-2H3. The second-order valence-electron chi connectivity index (χ2n) is 3.14. The van der Waals surface area contributed by atoms with Crippen LogP contribution in [0.1, 0.15) is 12.7 Å². The third-order valence-electron chi connectivity index (χ3n) is 2.04. The molecule has 0 spiro atoms. The average molecular weight is 207 g/mol. The van der Waals surface area contributed by atoms with Gasteiger partial charge in [0.2, 0.25) is 0 Å². The molecule has 0 saturated heterocycles. The zero-order chi connectivity index (χ0) is 10.7. The molecule has 0 atom stereocenters. The van der Waals surface area contributed by atoms with E-state index >= 15 is 0 Å². The average Bonchev–Trinajstić information content (AvgIpc) is 2.83. The quantitative estimate of drug-likeness (QED) is 0.794. The van der Waals surface area contributed by atoms with Crippen molar-refractivity contribution in [3.05, 3.63) is 18.1 Å². The smallest absolute Gasteiger partial charge is 0.276 e. The number of hydrogen-bond acceptors (Lipinski definition) is 5. The van der Waals surface area contributed by atoms with E-state index in [4.69, 9.17) is 4.52 Å². The molecule has 6 nitrogen and oxygen atoms in total. The van der Waals surface area contributed by atoms with Gasteiger partial charge >= 0.3 is 0 Å². The van der Waals surface area contributed by atoms with Crippen LogP contribution < -0.4 is 5.32 Å². The lowest BCUT2D eigenvalue weighted by Crippen LogP contribution is -2.12. The van der Waals surface area contributed by atoms with Gasteiger partial charge in [-0.3, -0.25) is 4.68 Å². The van der Waals surface area contributed by atoms with Crippen molar-refractivity contribution in [2.75, 3.05) is 6.54 Å². The Balaban J connectivity index is 2.17. The lowest BCUT2D eigenvalue weighted by molar-refractivity contribution is 0.416. The van der Waals surface area contributed by atoms with E-state index in [1.165, 1.54) is 0 Å². The van der Waals surface area contributed by atoms with Gasteiger partial charge in [0.1, 0.15) is 5.69 Å². The first-order chi connectivity index (χ1) is 7.31. The van der Waals surface area contributed by atoms with E-state index in [0.29, 0.717) is 18.3 Å². The Hall–Kier alpha value is -1.69. The number of nitrogens with zero attached hydrogens (tertiary/aromatic N) is 4. The molecule has 2 heterocycles. The number of rotatable bonds is 4. The van der Waals surface area contributed by atoms with Gasteiger partial charge in [-0.05, 0) is 12.6 Å². The summed E-state index contributed by atoms with van der Waals surface area (Å²) < 4.78 is 6.82. The summed E-state index contributed by atoms with van der Waals surface area (Å²) in [5.74, 6) is 1.16. The first-order valence-electron chi connectivity index (χ1n) is 4.83. The molecule has 6 heteroatoms. The maximum absolute atomic E-state index is 5.12. The highest BCUT2D eigenvalue weighted by atomic mass is 16.5. The highest BCUT2D eigenvalue weighted by Gasteiger charge is 2.11. The van der Waals surface area contributed by atoms with Crippen LogP contribution in [0.25, 0.3) is 11.6 Å². The molecule has 0 amide bonds. The first kappa shape index (κ1) is 9.85. The number of hydrogen-bond donors (Lipinski definition) is 1. The van der Waals surface area contributed by atoms with Gasteiger partial charge < -0.3 is 9.84 Å². The van der Waals surface area contributed by atoms with Crippen molar-refractivity contribution >= 4 is 0 Å². The highest BCUT2D eigenvalue weighted by Crippen LogP contribution is 2.14. The van der Waals surface area contributed by atoms with E-state index in [9.17, 15) is 0 Å². The third-order valence-corrected chi connectivity index (χ3v) is 2.04. The molecule has 1 N–H and O–H groups in total. The van der Waals surface area contributed by atoms with Crippen LogP contribution in [0.5, 0.6) is 0 Å². The van der Waals surface area contributed by atoms with Crippen LogP contribution in [0.2, 0.25) is 0 Å². The van der Waals surface area contributed by atoms with Gasteiger partial charge in [0.25, 0.3) is 5.89 Å². The zero-order valence-electron chi connectivity index (χ0n) is 8.77. The van der Waals surface area contributed by atoms with Crippen molar-refractivity contribution in [1.82, 2.24) is 25.2 Å². The minimum absolute atomic E-state index is 0.503. The summed E-state index contributed by atoms with van der Waals surface area (Å²) in [6.07, 6.45) is 1.70. The summed E-state index contributed by atoms with van der Waals surface area (Å²) in [6.45, 7) is 3.54. The van der Waals surface area contributed by atoms with Crippen LogP contribution in [-0.2, 0) is 13.6 Å². The Morgan fingerprint density at radius 3 is 3.07 bits per heavy atom. The van der Waals surface area contributed by atoms with E-state index in [2.05, 4.69) is 20.6 Å². The Kier molecular flexibility index (Phi) is 2.77. The maximum atomic E-state index is 5.12. The number of aryl methyl sites for hydroxylation is 1. The van der Waals surface area contributed by atoms with E-state index in [-0.39, 0.29) is 0 Å². The van der Waals surface area contributed by atoms with Crippen LogP contribution in [-0.4, -0.2) is 26.5 Å². The molecular weight excluding hydrogens is 194 g/mol. The van der Waals surface area contributed by atoms with Crippen molar-refractivity contribution in [2.24, 2.45) is 7.05 Å². The molecule has 0 aliphatic heterocycles. The normalized spacial score (nSPS) is 10.8. The molecule has 0 radical (unpaired) electrons. The summed E-state index contributed by atoms with van der Waals surface area (Å²) in [7, 11) is 1.84. The second kappa shape index (κ2) is 4.22. The second-order valence-corrected chi connectivity index (χ2v) is 3.14. The van der Waals surface area contributed by atoms with Crippen molar-refractivity contribution in [3.63, 3.8) is 0 Å². The summed E-state index contributed by atoms with van der Waals surface area (Å²) in [5, 5.41) is 11.0. The molecule has 0 aliphatic rings. The van der Waals surface area contributed by atoms with Crippen LogP contribution in [0.4, 0.5) is 0 Å². The third kappa shape index (κ3) is 2.04. The summed E-state index contributed by atoms with van der Waals surface area (Å²) in [4.78, 5) is 4.25. The van der Waals surface area contributed by atoms with E-state index in [0.717, 1.165) is 12.2 Å².